The predicted molar refractivity (Wildman–Crippen MR) is 127 cm³/mol. The Labute approximate surface area is 200 Å². The number of benzene rings is 2. The molecule has 1 amide bonds. The number of carbonyl (C=O) groups excluding carboxylic acids is 2. The van der Waals surface area contributed by atoms with Crippen molar-refractivity contribution in [3.05, 3.63) is 53.6 Å². The first-order chi connectivity index (χ1) is 16.2. The molecule has 0 spiro atoms. The molecule has 2 aromatic carbocycles. The van der Waals surface area contributed by atoms with Crippen LogP contribution < -0.4 is 14.8 Å². The summed E-state index contributed by atoms with van der Waals surface area (Å²) in [5.41, 5.74) is 1.90. The van der Waals surface area contributed by atoms with Crippen molar-refractivity contribution in [3.63, 3.8) is 0 Å². The lowest BCUT2D eigenvalue weighted by Crippen LogP contribution is -2.39. The van der Waals surface area contributed by atoms with Gasteiger partial charge in [-0.1, -0.05) is 18.2 Å². The summed E-state index contributed by atoms with van der Waals surface area (Å²) >= 11 is 0. The van der Waals surface area contributed by atoms with Gasteiger partial charge >= 0.3 is 5.97 Å². The highest BCUT2D eigenvalue weighted by Gasteiger charge is 2.27. The Morgan fingerprint density at radius 3 is 2.44 bits per heavy atom. The number of nitrogens with one attached hydrogen (secondary N) is 2. The highest BCUT2D eigenvalue weighted by atomic mass is 32.2. The zero-order valence-electron chi connectivity index (χ0n) is 19.5. The maximum atomic E-state index is 12.8. The first kappa shape index (κ1) is 26.8. The van der Waals surface area contributed by atoms with Crippen LogP contribution >= 0.6 is 0 Å². The van der Waals surface area contributed by atoms with Crippen molar-refractivity contribution in [1.82, 2.24) is 4.72 Å². The molecule has 0 aromatic heterocycles. The summed E-state index contributed by atoms with van der Waals surface area (Å²) in [5, 5.41) is 11.5. The minimum Gasteiger partial charge on any atom is -0.493 e. The molecule has 0 fully saturated rings. The van der Waals surface area contributed by atoms with E-state index in [9.17, 15) is 18.0 Å². The van der Waals surface area contributed by atoms with Crippen LogP contribution in [0.5, 0.6) is 5.75 Å². The third kappa shape index (κ3) is 7.57. The second-order valence-electron chi connectivity index (χ2n) is 7.50. The van der Waals surface area contributed by atoms with Crippen molar-refractivity contribution in [2.24, 2.45) is 0 Å². The van der Waals surface area contributed by atoms with E-state index in [0.717, 1.165) is 18.4 Å². The van der Waals surface area contributed by atoms with Gasteiger partial charge in [0.2, 0.25) is 15.9 Å². The van der Waals surface area contributed by atoms with Gasteiger partial charge < -0.3 is 14.8 Å². The fourth-order valence-corrected chi connectivity index (χ4v) is 4.61. The lowest BCUT2D eigenvalue weighted by Gasteiger charge is -2.17. The zero-order valence-corrected chi connectivity index (χ0v) is 20.3. The smallest absolute Gasteiger partial charge is 0.323 e. The molecule has 0 unspecified atom stereocenters. The molecular formula is C24H29N3O6S. The number of nitriles is 1. The first-order valence-electron chi connectivity index (χ1n) is 10.9. The molecule has 10 heteroatoms. The summed E-state index contributed by atoms with van der Waals surface area (Å²) in [6.45, 7) is 3.14. The summed E-state index contributed by atoms with van der Waals surface area (Å²) in [5.74, 6) is -1.01. The Bertz CT molecular complexity index is 1140. The van der Waals surface area contributed by atoms with E-state index in [1.165, 1.54) is 26.2 Å². The number of amides is 1. The summed E-state index contributed by atoms with van der Waals surface area (Å²) < 4.78 is 38.0. The van der Waals surface area contributed by atoms with E-state index >= 15 is 0 Å². The SMILES string of the molecule is CCOC(=O)[C@H](C)NS(=O)(=O)c1cccc(NC(=O)CCCCc2ccc(C#N)cc2)c1OC. The molecule has 34 heavy (non-hydrogen) atoms. The lowest BCUT2D eigenvalue weighted by molar-refractivity contribution is -0.144. The lowest BCUT2D eigenvalue weighted by atomic mass is 10.1. The van der Waals surface area contributed by atoms with Gasteiger partial charge in [0.05, 0.1) is 31.0 Å². The molecule has 0 radical (unpaired) electrons. The van der Waals surface area contributed by atoms with Crippen LogP contribution in [-0.4, -0.2) is 40.1 Å². The normalized spacial score (nSPS) is 11.8. The minimum atomic E-state index is -4.13. The quantitative estimate of drug-likeness (QED) is 0.347. The number of ether oxygens (including phenoxy) is 2. The van der Waals surface area contributed by atoms with Crippen LogP contribution in [0.4, 0.5) is 5.69 Å². The van der Waals surface area contributed by atoms with E-state index in [4.69, 9.17) is 14.7 Å². The number of hydrogen-bond acceptors (Lipinski definition) is 7. The first-order valence-corrected chi connectivity index (χ1v) is 12.3. The number of rotatable bonds is 12. The molecule has 0 saturated heterocycles. The van der Waals surface area contributed by atoms with E-state index in [2.05, 4.69) is 16.1 Å². The number of carbonyl (C=O) groups is 2. The summed E-state index contributed by atoms with van der Waals surface area (Å²) in [6, 6.07) is 12.6. The van der Waals surface area contributed by atoms with Gasteiger partial charge in [0.1, 0.15) is 10.9 Å². The Morgan fingerprint density at radius 1 is 1.12 bits per heavy atom. The minimum absolute atomic E-state index is 0.0306. The molecule has 9 nitrogen and oxygen atoms in total. The van der Waals surface area contributed by atoms with Crippen molar-refractivity contribution in [2.45, 2.75) is 50.5 Å². The van der Waals surface area contributed by atoms with E-state index < -0.39 is 22.0 Å². The van der Waals surface area contributed by atoms with Gasteiger partial charge in [0, 0.05) is 6.42 Å². The molecule has 0 aliphatic heterocycles. The van der Waals surface area contributed by atoms with Crippen molar-refractivity contribution in [1.29, 1.82) is 5.26 Å². The topological polar surface area (TPSA) is 135 Å². The van der Waals surface area contributed by atoms with Crippen molar-refractivity contribution >= 4 is 27.6 Å². The zero-order chi connectivity index (χ0) is 25.1. The summed E-state index contributed by atoms with van der Waals surface area (Å²) in [7, 11) is -2.83. The number of esters is 1. The number of hydrogen-bond donors (Lipinski definition) is 2. The molecule has 182 valence electrons. The maximum absolute atomic E-state index is 12.8. The third-order valence-electron chi connectivity index (χ3n) is 4.92. The van der Waals surface area contributed by atoms with Crippen LogP contribution in [0.3, 0.4) is 0 Å². The van der Waals surface area contributed by atoms with Gasteiger partial charge in [0.15, 0.2) is 5.75 Å². The van der Waals surface area contributed by atoms with Crippen molar-refractivity contribution < 1.29 is 27.5 Å². The molecule has 0 saturated carbocycles. The Balaban J connectivity index is 2.00. The Hall–Kier alpha value is -3.42. The van der Waals surface area contributed by atoms with E-state index in [-0.39, 0.29) is 35.3 Å². The highest BCUT2D eigenvalue weighted by molar-refractivity contribution is 7.89. The van der Waals surface area contributed by atoms with Gasteiger partial charge in [-0.3, -0.25) is 9.59 Å². The molecule has 0 aliphatic carbocycles. The molecule has 0 heterocycles. The van der Waals surface area contributed by atoms with Gasteiger partial charge in [-0.15, -0.1) is 0 Å². The molecular weight excluding hydrogens is 458 g/mol. The van der Waals surface area contributed by atoms with Gasteiger partial charge in [0.25, 0.3) is 0 Å². The van der Waals surface area contributed by atoms with Crippen molar-refractivity contribution in [3.8, 4) is 11.8 Å². The summed E-state index contributed by atoms with van der Waals surface area (Å²) in [4.78, 5) is 24.1. The molecule has 0 bridgehead atoms. The van der Waals surface area contributed by atoms with Crippen molar-refractivity contribution in [2.75, 3.05) is 19.0 Å². The second-order valence-corrected chi connectivity index (χ2v) is 9.18. The average Bonchev–Trinajstić information content (AvgIpc) is 2.82. The van der Waals surface area contributed by atoms with Crippen LogP contribution in [-0.2, 0) is 30.8 Å². The number of aryl methyl sites for hydroxylation is 1. The standard InChI is InChI=1S/C24H29N3O6S/c1-4-33-24(29)17(2)27-34(30,31)21-10-7-9-20(23(21)32-3)26-22(28)11-6-5-8-18-12-14-19(16-25)15-13-18/h7,9-10,12-15,17,27H,4-6,8,11H2,1-3H3,(H,26,28)/t17-/m0/s1. The largest absolute Gasteiger partial charge is 0.493 e. The molecule has 1 atom stereocenters. The maximum Gasteiger partial charge on any atom is 0.323 e. The van der Waals surface area contributed by atoms with Crippen LogP contribution in [0, 0.1) is 11.3 Å². The third-order valence-corrected chi connectivity index (χ3v) is 6.49. The Morgan fingerprint density at radius 2 is 1.82 bits per heavy atom. The number of para-hydroxylation sites is 1. The van der Waals surface area contributed by atoms with Gasteiger partial charge in [-0.2, -0.15) is 9.98 Å². The number of anilines is 1. The highest BCUT2D eigenvalue weighted by Crippen LogP contribution is 2.32. The Kier molecular flexibility index (Phi) is 10.0. The number of sulfonamides is 1. The fourth-order valence-electron chi connectivity index (χ4n) is 3.22. The average molecular weight is 488 g/mol. The number of unbranched alkanes of at least 4 members (excludes halogenated alkanes) is 1. The molecule has 2 rings (SSSR count). The monoisotopic (exact) mass is 487 g/mol. The van der Waals surface area contributed by atoms with Gasteiger partial charge in [-0.05, 0) is 62.9 Å². The van der Waals surface area contributed by atoms with Crippen LogP contribution in [0.1, 0.15) is 44.2 Å². The predicted octanol–water partition coefficient (Wildman–Crippen LogP) is 3.15. The molecule has 2 aromatic rings. The number of methoxy groups -OCH3 is 1. The van der Waals surface area contributed by atoms with E-state index in [1.807, 2.05) is 12.1 Å². The van der Waals surface area contributed by atoms with E-state index in [1.54, 1.807) is 25.1 Å². The van der Waals surface area contributed by atoms with E-state index in [0.29, 0.717) is 12.0 Å². The van der Waals surface area contributed by atoms with Crippen LogP contribution in [0.25, 0.3) is 0 Å². The summed E-state index contributed by atoms with van der Waals surface area (Å²) in [6.07, 6.45) is 2.43. The second kappa shape index (κ2) is 12.7. The fraction of sp³-hybridized carbons (Fsp3) is 0.375. The molecule has 2 N–H and O–H groups in total. The molecule has 0 aliphatic rings. The van der Waals surface area contributed by atoms with Crippen LogP contribution in [0.15, 0.2) is 47.4 Å². The van der Waals surface area contributed by atoms with Crippen LogP contribution in [0.2, 0.25) is 0 Å². The van der Waals surface area contributed by atoms with Gasteiger partial charge in [-0.25, -0.2) is 8.42 Å². The number of nitrogens with zero attached hydrogens (tertiary/aromatic N) is 1.